The van der Waals surface area contributed by atoms with E-state index < -0.39 is 10.0 Å². The second-order valence-corrected chi connectivity index (χ2v) is 13.3. The predicted molar refractivity (Wildman–Crippen MR) is 125 cm³/mol. The lowest BCUT2D eigenvalue weighted by atomic mass is 9.54. The highest BCUT2D eigenvalue weighted by molar-refractivity contribution is 7.92. The molecule has 1 N–H and O–H groups in total. The van der Waals surface area contributed by atoms with Gasteiger partial charge in [0.05, 0.1) is 18.5 Å². The van der Waals surface area contributed by atoms with Crippen molar-refractivity contribution < 1.29 is 13.2 Å². The highest BCUT2D eigenvalue weighted by atomic mass is 32.2. The van der Waals surface area contributed by atoms with Gasteiger partial charge in [0.2, 0.25) is 15.9 Å². The number of benzene rings is 1. The van der Waals surface area contributed by atoms with Crippen LogP contribution in [0.2, 0.25) is 0 Å². The van der Waals surface area contributed by atoms with Crippen molar-refractivity contribution in [3.63, 3.8) is 0 Å². The predicted octanol–water partition coefficient (Wildman–Crippen LogP) is 2.74. The van der Waals surface area contributed by atoms with Crippen LogP contribution in [-0.2, 0) is 20.2 Å². The molecule has 6 aliphatic rings. The molecule has 174 valence electrons. The summed E-state index contributed by atoms with van der Waals surface area (Å²) >= 11 is 0. The maximum Gasteiger partial charge on any atom is 0.234 e. The van der Waals surface area contributed by atoms with Gasteiger partial charge in [-0.3, -0.25) is 14.0 Å². The number of para-hydroxylation sites is 1. The van der Waals surface area contributed by atoms with Crippen molar-refractivity contribution >= 4 is 21.6 Å². The van der Waals surface area contributed by atoms with E-state index in [0.717, 1.165) is 49.0 Å². The molecule has 0 unspecified atom stereocenters. The Kier molecular flexibility index (Phi) is 4.88. The number of nitrogens with zero attached hydrogens (tertiary/aromatic N) is 2. The molecular formula is C25H35N3O3S. The summed E-state index contributed by atoms with van der Waals surface area (Å²) in [5.74, 6) is 3.44. The van der Waals surface area contributed by atoms with Gasteiger partial charge in [0.25, 0.3) is 0 Å². The fourth-order valence-corrected chi connectivity index (χ4v) is 9.04. The molecule has 0 radical (unpaired) electrons. The van der Waals surface area contributed by atoms with Gasteiger partial charge >= 0.3 is 0 Å². The minimum absolute atomic E-state index is 0.131. The topological polar surface area (TPSA) is 69.7 Å². The van der Waals surface area contributed by atoms with Crippen LogP contribution < -0.4 is 9.62 Å². The Balaban J connectivity index is 1.09. The molecule has 4 bridgehead atoms. The summed E-state index contributed by atoms with van der Waals surface area (Å²) in [7, 11) is -3.29. The number of hydrogen-bond donors (Lipinski definition) is 1. The molecular weight excluding hydrogens is 422 g/mol. The number of rotatable bonds is 4. The average Bonchev–Trinajstić information content (AvgIpc) is 3.07. The Bertz CT molecular complexity index is 987. The third kappa shape index (κ3) is 3.47. The SMILES string of the molecule is CS(=O)(=O)N1CC2(CCN(CC(=O)NC3C4CC5CC(C4)CC3C5)CC2)c2ccccc21. The number of likely N-dealkylation sites (tertiary alicyclic amines) is 1. The summed E-state index contributed by atoms with van der Waals surface area (Å²) in [4.78, 5) is 15.2. The molecule has 1 aromatic carbocycles. The highest BCUT2D eigenvalue weighted by Crippen LogP contribution is 2.53. The van der Waals surface area contributed by atoms with Crippen molar-refractivity contribution in [3.8, 4) is 0 Å². The molecule has 32 heavy (non-hydrogen) atoms. The number of carbonyl (C=O) groups excluding carboxylic acids is 1. The van der Waals surface area contributed by atoms with Crippen LogP contribution in [0.5, 0.6) is 0 Å². The Hall–Kier alpha value is -1.60. The van der Waals surface area contributed by atoms with E-state index in [1.807, 2.05) is 18.2 Å². The molecule has 0 aromatic heterocycles. The molecule has 6 nitrogen and oxygen atoms in total. The van der Waals surface area contributed by atoms with E-state index >= 15 is 0 Å². The van der Waals surface area contributed by atoms with Crippen LogP contribution >= 0.6 is 0 Å². The van der Waals surface area contributed by atoms with Gasteiger partial charge in [-0.2, -0.15) is 0 Å². The molecule has 4 aliphatic carbocycles. The largest absolute Gasteiger partial charge is 0.352 e. The normalized spacial score (nSPS) is 35.3. The number of anilines is 1. The van der Waals surface area contributed by atoms with Gasteiger partial charge in [0.1, 0.15) is 0 Å². The molecule has 1 aromatic rings. The van der Waals surface area contributed by atoms with Crippen LogP contribution in [-0.4, -0.2) is 57.7 Å². The Labute approximate surface area is 191 Å². The first-order chi connectivity index (χ1) is 15.3. The Morgan fingerprint density at radius 1 is 1.03 bits per heavy atom. The molecule has 7 rings (SSSR count). The van der Waals surface area contributed by atoms with Crippen LogP contribution in [0.3, 0.4) is 0 Å². The van der Waals surface area contributed by atoms with E-state index in [1.54, 1.807) is 4.31 Å². The second-order valence-electron chi connectivity index (χ2n) is 11.4. The number of fused-ring (bicyclic) bond motifs is 2. The van der Waals surface area contributed by atoms with E-state index in [-0.39, 0.29) is 11.3 Å². The van der Waals surface area contributed by atoms with Crippen molar-refractivity contribution in [2.75, 3.05) is 36.7 Å². The van der Waals surface area contributed by atoms with E-state index in [4.69, 9.17) is 0 Å². The van der Waals surface area contributed by atoms with E-state index in [2.05, 4.69) is 16.3 Å². The standard InChI is InChI=1S/C25H35N3O3S/c1-32(30,31)28-16-25(21-4-2-3-5-22(21)28)6-8-27(9-7-25)15-23(29)26-24-19-11-17-10-18(13-19)14-20(24)12-17/h2-5,17-20,24H,6-16H2,1H3,(H,26,29). The summed E-state index contributed by atoms with van der Waals surface area (Å²) in [5.41, 5.74) is 1.86. The minimum Gasteiger partial charge on any atom is -0.352 e. The van der Waals surface area contributed by atoms with Crippen molar-refractivity contribution in [2.45, 2.75) is 56.4 Å². The second kappa shape index (κ2) is 7.45. The third-order valence-electron chi connectivity index (χ3n) is 9.33. The van der Waals surface area contributed by atoms with Crippen molar-refractivity contribution in [3.05, 3.63) is 29.8 Å². The van der Waals surface area contributed by atoms with Crippen molar-refractivity contribution in [1.29, 1.82) is 0 Å². The third-order valence-corrected chi connectivity index (χ3v) is 10.5. The average molecular weight is 458 g/mol. The van der Waals surface area contributed by atoms with Gasteiger partial charge in [-0.15, -0.1) is 0 Å². The summed E-state index contributed by atoms with van der Waals surface area (Å²) < 4.78 is 26.4. The molecule has 2 aliphatic heterocycles. The lowest BCUT2D eigenvalue weighted by Gasteiger charge is -2.54. The zero-order valence-electron chi connectivity index (χ0n) is 19.0. The Morgan fingerprint density at radius 2 is 1.66 bits per heavy atom. The molecule has 1 saturated heterocycles. The van der Waals surface area contributed by atoms with Gasteiger partial charge < -0.3 is 5.32 Å². The van der Waals surface area contributed by atoms with Crippen molar-refractivity contribution in [2.24, 2.45) is 23.7 Å². The van der Waals surface area contributed by atoms with Crippen LogP contribution in [0.4, 0.5) is 5.69 Å². The number of sulfonamides is 1. The number of carbonyl (C=O) groups is 1. The molecule has 4 saturated carbocycles. The maximum absolute atomic E-state index is 13.0. The molecule has 7 heteroatoms. The van der Waals surface area contributed by atoms with Gasteiger partial charge in [-0.1, -0.05) is 18.2 Å². The van der Waals surface area contributed by atoms with E-state index in [0.29, 0.717) is 31.0 Å². The highest BCUT2D eigenvalue weighted by Gasteiger charge is 2.49. The monoisotopic (exact) mass is 457 g/mol. The number of piperidine rings is 1. The first-order valence-corrected chi connectivity index (χ1v) is 14.2. The van der Waals surface area contributed by atoms with Crippen LogP contribution in [0.25, 0.3) is 0 Å². The lowest BCUT2D eigenvalue weighted by molar-refractivity contribution is -0.126. The zero-order chi connectivity index (χ0) is 22.1. The maximum atomic E-state index is 13.0. The summed E-state index contributed by atoms with van der Waals surface area (Å²) in [6.45, 7) is 2.66. The van der Waals surface area contributed by atoms with Crippen LogP contribution in [0, 0.1) is 23.7 Å². The quantitative estimate of drug-likeness (QED) is 0.755. The van der Waals surface area contributed by atoms with E-state index in [9.17, 15) is 13.2 Å². The molecule has 1 amide bonds. The smallest absolute Gasteiger partial charge is 0.234 e. The van der Waals surface area contributed by atoms with Gasteiger partial charge in [-0.25, -0.2) is 8.42 Å². The number of hydrogen-bond acceptors (Lipinski definition) is 4. The Morgan fingerprint density at radius 3 is 2.28 bits per heavy atom. The fraction of sp³-hybridized carbons (Fsp3) is 0.720. The molecule has 0 atom stereocenters. The molecule has 1 spiro atoms. The van der Waals surface area contributed by atoms with Crippen LogP contribution in [0.15, 0.2) is 24.3 Å². The number of amides is 1. The van der Waals surface area contributed by atoms with Crippen molar-refractivity contribution in [1.82, 2.24) is 10.2 Å². The first-order valence-electron chi connectivity index (χ1n) is 12.4. The van der Waals surface area contributed by atoms with E-state index in [1.165, 1.54) is 38.4 Å². The van der Waals surface area contributed by atoms with Gasteiger partial charge in [0.15, 0.2) is 0 Å². The van der Waals surface area contributed by atoms with Crippen LogP contribution in [0.1, 0.15) is 50.5 Å². The summed E-state index contributed by atoms with van der Waals surface area (Å²) in [5, 5.41) is 3.44. The summed E-state index contributed by atoms with van der Waals surface area (Å²) in [6.07, 6.45) is 9.79. The van der Waals surface area contributed by atoms with Gasteiger partial charge in [0, 0.05) is 18.0 Å². The lowest BCUT2D eigenvalue weighted by Crippen LogP contribution is -2.57. The first kappa shape index (κ1) is 21.0. The minimum atomic E-state index is -3.29. The number of nitrogens with one attached hydrogen (secondary N) is 1. The fourth-order valence-electron chi connectivity index (χ4n) is 8.04. The summed E-state index contributed by atoms with van der Waals surface area (Å²) in [6, 6.07) is 8.35. The van der Waals surface area contributed by atoms with Gasteiger partial charge in [-0.05, 0) is 93.3 Å². The zero-order valence-corrected chi connectivity index (χ0v) is 19.8. The molecule has 2 heterocycles. The molecule has 5 fully saturated rings.